The Bertz CT molecular complexity index is 694. The fraction of sp³-hybridized carbons (Fsp3) is 0.300. The van der Waals surface area contributed by atoms with Gasteiger partial charge in [-0.05, 0) is 54.8 Å². The van der Waals surface area contributed by atoms with Gasteiger partial charge in [-0.2, -0.15) is 0 Å². The third kappa shape index (κ3) is 5.64. The molecule has 0 aliphatic carbocycles. The summed E-state index contributed by atoms with van der Waals surface area (Å²) in [6.45, 7) is 4.81. The van der Waals surface area contributed by atoms with Gasteiger partial charge in [0, 0.05) is 11.1 Å². The maximum Gasteiger partial charge on any atom is 0.269 e. The van der Waals surface area contributed by atoms with Crippen molar-refractivity contribution in [1.29, 1.82) is 0 Å². The Morgan fingerprint density at radius 2 is 1.36 bits per heavy atom. The summed E-state index contributed by atoms with van der Waals surface area (Å²) in [7, 11) is 0. The Balaban J connectivity index is 1.85. The predicted octanol–water partition coefficient (Wildman–Crippen LogP) is 3.50. The van der Waals surface area contributed by atoms with E-state index in [0.717, 1.165) is 30.6 Å². The van der Waals surface area contributed by atoms with E-state index in [4.69, 9.17) is 4.74 Å². The minimum atomic E-state index is -0.376. The van der Waals surface area contributed by atoms with Crippen LogP contribution < -0.4 is 15.6 Å². The average Bonchev–Trinajstić information content (AvgIpc) is 2.66. The summed E-state index contributed by atoms with van der Waals surface area (Å²) in [4.78, 5) is 24.1. The van der Waals surface area contributed by atoms with Gasteiger partial charge in [0.15, 0.2) is 0 Å². The van der Waals surface area contributed by atoms with Crippen molar-refractivity contribution >= 4 is 11.8 Å². The molecule has 0 spiro atoms. The van der Waals surface area contributed by atoms with Gasteiger partial charge < -0.3 is 4.74 Å². The van der Waals surface area contributed by atoms with E-state index in [1.54, 1.807) is 36.4 Å². The van der Waals surface area contributed by atoms with E-state index >= 15 is 0 Å². The highest BCUT2D eigenvalue weighted by Crippen LogP contribution is 2.12. The zero-order chi connectivity index (χ0) is 18.1. The van der Waals surface area contributed by atoms with Gasteiger partial charge in [0.1, 0.15) is 5.75 Å². The Morgan fingerprint density at radius 3 is 1.84 bits per heavy atom. The lowest BCUT2D eigenvalue weighted by Crippen LogP contribution is -2.41. The van der Waals surface area contributed by atoms with E-state index in [-0.39, 0.29) is 11.8 Å². The molecule has 0 saturated carbocycles. The molecule has 5 nitrogen and oxygen atoms in total. The monoisotopic (exact) mass is 340 g/mol. The van der Waals surface area contributed by atoms with Crippen molar-refractivity contribution in [1.82, 2.24) is 10.9 Å². The zero-order valence-electron chi connectivity index (χ0n) is 14.7. The Morgan fingerprint density at radius 1 is 0.840 bits per heavy atom. The van der Waals surface area contributed by atoms with Crippen LogP contribution in [0.3, 0.4) is 0 Å². The molecule has 2 aromatic rings. The minimum Gasteiger partial charge on any atom is -0.494 e. The smallest absolute Gasteiger partial charge is 0.269 e. The highest BCUT2D eigenvalue weighted by Gasteiger charge is 2.09. The van der Waals surface area contributed by atoms with E-state index in [1.807, 2.05) is 12.1 Å². The number of benzene rings is 2. The molecule has 0 aromatic heterocycles. The molecule has 2 N–H and O–H groups in total. The Kier molecular flexibility index (Phi) is 7.01. The van der Waals surface area contributed by atoms with Crippen LogP contribution in [0.15, 0.2) is 48.5 Å². The standard InChI is InChI=1S/C20H24N2O3/c1-3-5-14-25-18-12-10-17(11-13-18)20(24)22-21-19(23)16-8-6-15(4-2)7-9-16/h6-13H,3-5,14H2,1-2H3,(H,21,23)(H,22,24). The maximum atomic E-state index is 12.1. The second-order valence-corrected chi connectivity index (χ2v) is 5.69. The normalized spacial score (nSPS) is 10.2. The molecule has 132 valence electrons. The van der Waals surface area contributed by atoms with E-state index in [2.05, 4.69) is 24.7 Å². The number of amides is 2. The molecule has 25 heavy (non-hydrogen) atoms. The minimum absolute atomic E-state index is 0.351. The molecular weight excluding hydrogens is 316 g/mol. The first-order valence-corrected chi connectivity index (χ1v) is 8.56. The lowest BCUT2D eigenvalue weighted by Gasteiger charge is -2.09. The second kappa shape index (κ2) is 9.47. The third-order valence-electron chi connectivity index (χ3n) is 3.80. The molecule has 0 saturated heterocycles. The van der Waals surface area contributed by atoms with Gasteiger partial charge in [-0.3, -0.25) is 20.4 Å². The van der Waals surface area contributed by atoms with E-state index in [1.165, 1.54) is 0 Å². The molecule has 0 aliphatic heterocycles. The van der Waals surface area contributed by atoms with E-state index < -0.39 is 0 Å². The second-order valence-electron chi connectivity index (χ2n) is 5.69. The number of aryl methyl sites for hydroxylation is 1. The molecule has 2 rings (SSSR count). The summed E-state index contributed by atoms with van der Waals surface area (Å²) in [6, 6.07) is 14.1. The Labute approximate surface area is 148 Å². The molecule has 0 bridgehead atoms. The molecule has 0 heterocycles. The summed E-state index contributed by atoms with van der Waals surface area (Å²) in [5.41, 5.74) is 6.94. The zero-order valence-corrected chi connectivity index (χ0v) is 14.7. The number of hydrogen-bond acceptors (Lipinski definition) is 3. The fourth-order valence-electron chi connectivity index (χ4n) is 2.19. The van der Waals surface area contributed by atoms with Gasteiger partial charge in [0.25, 0.3) is 11.8 Å². The van der Waals surface area contributed by atoms with Crippen molar-refractivity contribution < 1.29 is 14.3 Å². The lowest BCUT2D eigenvalue weighted by atomic mass is 10.1. The number of carbonyl (C=O) groups excluding carboxylic acids is 2. The van der Waals surface area contributed by atoms with Crippen LogP contribution in [0.5, 0.6) is 5.75 Å². The van der Waals surface area contributed by atoms with Gasteiger partial charge in [-0.15, -0.1) is 0 Å². The van der Waals surface area contributed by atoms with Gasteiger partial charge >= 0.3 is 0 Å². The van der Waals surface area contributed by atoms with Crippen molar-refractivity contribution in [2.24, 2.45) is 0 Å². The van der Waals surface area contributed by atoms with Crippen molar-refractivity contribution in [3.63, 3.8) is 0 Å². The van der Waals surface area contributed by atoms with Crippen LogP contribution in [0.4, 0.5) is 0 Å². The molecular formula is C20H24N2O3. The van der Waals surface area contributed by atoms with Gasteiger partial charge in [-0.1, -0.05) is 32.4 Å². The van der Waals surface area contributed by atoms with Gasteiger partial charge in [0.2, 0.25) is 0 Å². The third-order valence-corrected chi connectivity index (χ3v) is 3.80. The lowest BCUT2D eigenvalue weighted by molar-refractivity contribution is 0.0846. The molecule has 0 unspecified atom stereocenters. The molecule has 2 amide bonds. The molecule has 0 radical (unpaired) electrons. The van der Waals surface area contributed by atoms with Crippen molar-refractivity contribution in [2.75, 3.05) is 6.61 Å². The largest absolute Gasteiger partial charge is 0.494 e. The first-order chi connectivity index (χ1) is 12.1. The Hall–Kier alpha value is -2.82. The van der Waals surface area contributed by atoms with Crippen LogP contribution in [0.2, 0.25) is 0 Å². The molecule has 2 aromatic carbocycles. The topological polar surface area (TPSA) is 67.4 Å². The fourth-order valence-corrected chi connectivity index (χ4v) is 2.19. The summed E-state index contributed by atoms with van der Waals surface area (Å²) >= 11 is 0. The summed E-state index contributed by atoms with van der Waals surface area (Å²) in [5.74, 6) is -0.000733. The van der Waals surface area contributed by atoms with Gasteiger partial charge in [0.05, 0.1) is 6.61 Å². The highest BCUT2D eigenvalue weighted by molar-refractivity contribution is 5.99. The molecule has 0 atom stereocenters. The SMILES string of the molecule is CCCCOc1ccc(C(=O)NNC(=O)c2ccc(CC)cc2)cc1. The van der Waals surface area contributed by atoms with Crippen molar-refractivity contribution in [3.8, 4) is 5.75 Å². The van der Waals surface area contributed by atoms with Crippen molar-refractivity contribution in [2.45, 2.75) is 33.1 Å². The van der Waals surface area contributed by atoms with Crippen LogP contribution in [-0.4, -0.2) is 18.4 Å². The van der Waals surface area contributed by atoms with Crippen molar-refractivity contribution in [3.05, 3.63) is 65.2 Å². The van der Waals surface area contributed by atoms with Crippen LogP contribution in [0.1, 0.15) is 53.0 Å². The van der Waals surface area contributed by atoms with Crippen LogP contribution >= 0.6 is 0 Å². The van der Waals surface area contributed by atoms with Crippen LogP contribution in [-0.2, 0) is 6.42 Å². The number of unbranched alkanes of at least 4 members (excludes halogenated alkanes) is 1. The summed E-state index contributed by atoms with van der Waals surface area (Å²) in [6.07, 6.45) is 2.98. The number of ether oxygens (including phenoxy) is 1. The summed E-state index contributed by atoms with van der Waals surface area (Å²) < 4.78 is 5.55. The van der Waals surface area contributed by atoms with Crippen LogP contribution in [0.25, 0.3) is 0 Å². The van der Waals surface area contributed by atoms with Crippen LogP contribution in [0, 0.1) is 0 Å². The number of carbonyl (C=O) groups is 2. The van der Waals surface area contributed by atoms with E-state index in [9.17, 15) is 9.59 Å². The molecule has 0 fully saturated rings. The highest BCUT2D eigenvalue weighted by atomic mass is 16.5. The first kappa shape index (κ1) is 18.5. The molecule has 5 heteroatoms. The number of hydrogen-bond donors (Lipinski definition) is 2. The maximum absolute atomic E-state index is 12.1. The van der Waals surface area contributed by atoms with E-state index in [0.29, 0.717) is 17.7 Å². The quantitative estimate of drug-likeness (QED) is 0.599. The predicted molar refractivity (Wildman–Crippen MR) is 97.6 cm³/mol. The number of hydrazine groups is 1. The average molecular weight is 340 g/mol. The number of nitrogens with one attached hydrogen (secondary N) is 2. The van der Waals surface area contributed by atoms with Gasteiger partial charge in [-0.25, -0.2) is 0 Å². The molecule has 0 aliphatic rings. The first-order valence-electron chi connectivity index (χ1n) is 8.56. The number of rotatable bonds is 7. The summed E-state index contributed by atoms with van der Waals surface area (Å²) in [5, 5.41) is 0.